The highest BCUT2D eigenvalue weighted by Crippen LogP contribution is 2.36. The number of halogens is 1. The van der Waals surface area contributed by atoms with Crippen LogP contribution in [0.3, 0.4) is 0 Å². The quantitative estimate of drug-likeness (QED) is 0.642. The second-order valence-electron chi connectivity index (χ2n) is 7.08. The molecule has 1 unspecified atom stereocenters. The van der Waals surface area contributed by atoms with Gasteiger partial charge in [-0.05, 0) is 63.8 Å². The van der Waals surface area contributed by atoms with Crippen molar-refractivity contribution in [3.63, 3.8) is 0 Å². The summed E-state index contributed by atoms with van der Waals surface area (Å²) in [6.45, 7) is 9.19. The summed E-state index contributed by atoms with van der Waals surface area (Å²) < 4.78 is 13.2. The summed E-state index contributed by atoms with van der Waals surface area (Å²) in [5, 5.41) is 0. The van der Waals surface area contributed by atoms with Crippen molar-refractivity contribution in [3.05, 3.63) is 28.2 Å². The summed E-state index contributed by atoms with van der Waals surface area (Å²) in [4.78, 5) is 0. The molecule has 0 spiro atoms. The Bertz CT molecular complexity index is 461. The molecule has 0 bridgehead atoms. The van der Waals surface area contributed by atoms with Crippen LogP contribution in [0, 0.1) is 12.8 Å². The zero-order valence-electron chi connectivity index (χ0n) is 13.6. The van der Waals surface area contributed by atoms with E-state index >= 15 is 0 Å². The summed E-state index contributed by atoms with van der Waals surface area (Å²) in [5.74, 6) is 1.82. The van der Waals surface area contributed by atoms with Crippen molar-refractivity contribution in [2.45, 2.75) is 65.1 Å². The number of benzene rings is 1. The molecule has 1 fully saturated rings. The van der Waals surface area contributed by atoms with Gasteiger partial charge in [0.05, 0.1) is 18.3 Å². The van der Waals surface area contributed by atoms with Crippen LogP contribution < -0.4 is 4.74 Å². The third kappa shape index (κ3) is 6.39. The number of hydrogen-bond acceptors (Lipinski definition) is 2. The summed E-state index contributed by atoms with van der Waals surface area (Å²) in [6, 6.07) is 6.13. The lowest BCUT2D eigenvalue weighted by atomic mass is 10.1. The normalized spacial score (nSPS) is 16.8. The molecule has 0 heterocycles. The van der Waals surface area contributed by atoms with E-state index in [2.05, 4.69) is 49.7 Å². The smallest absolute Gasteiger partial charge is 0.119 e. The van der Waals surface area contributed by atoms with Crippen molar-refractivity contribution in [3.8, 4) is 5.75 Å². The largest absolute Gasteiger partial charge is 0.493 e. The summed E-state index contributed by atoms with van der Waals surface area (Å²) in [7, 11) is 0. The first kappa shape index (κ1) is 16.8. The van der Waals surface area contributed by atoms with Crippen LogP contribution in [0.25, 0.3) is 0 Å². The van der Waals surface area contributed by atoms with Crippen LogP contribution in [0.4, 0.5) is 0 Å². The maximum Gasteiger partial charge on any atom is 0.119 e. The Hall–Kier alpha value is -0.540. The average Bonchev–Trinajstić information content (AvgIpc) is 3.15. The second kappa shape index (κ2) is 7.15. The number of rotatable bonds is 7. The van der Waals surface area contributed by atoms with Crippen molar-refractivity contribution in [2.75, 3.05) is 6.61 Å². The standard InChI is InChI=1S/C18H27BrO2/c1-13-11-15(7-8-17(13)19)20-10-9-16(12-14-5-6-14)21-18(2,3)4/h7-8,11,14,16H,5-6,9-10,12H2,1-4H3. The van der Waals surface area contributed by atoms with Gasteiger partial charge in [0.15, 0.2) is 0 Å². The highest BCUT2D eigenvalue weighted by Gasteiger charge is 2.28. The first-order valence-corrected chi connectivity index (χ1v) is 8.69. The van der Waals surface area contributed by atoms with Crippen LogP contribution in [0.5, 0.6) is 5.75 Å². The van der Waals surface area contributed by atoms with Crippen LogP contribution in [-0.4, -0.2) is 18.3 Å². The molecule has 0 N–H and O–H groups in total. The van der Waals surface area contributed by atoms with Gasteiger partial charge >= 0.3 is 0 Å². The molecule has 3 heteroatoms. The monoisotopic (exact) mass is 354 g/mol. The van der Waals surface area contributed by atoms with Gasteiger partial charge in [0.1, 0.15) is 5.75 Å². The van der Waals surface area contributed by atoms with E-state index in [4.69, 9.17) is 9.47 Å². The van der Waals surface area contributed by atoms with Crippen LogP contribution in [0.15, 0.2) is 22.7 Å². The summed E-state index contributed by atoms with van der Waals surface area (Å²) in [6.07, 6.45) is 5.20. The van der Waals surface area contributed by atoms with E-state index in [9.17, 15) is 0 Å². The fourth-order valence-electron chi connectivity index (χ4n) is 2.47. The number of aryl methyl sites for hydroxylation is 1. The van der Waals surface area contributed by atoms with E-state index in [0.29, 0.717) is 12.7 Å². The fraction of sp³-hybridized carbons (Fsp3) is 0.667. The predicted octanol–water partition coefficient (Wildman–Crippen LogP) is 5.51. The van der Waals surface area contributed by atoms with Crippen molar-refractivity contribution >= 4 is 15.9 Å². The Morgan fingerprint density at radius 1 is 1.29 bits per heavy atom. The summed E-state index contributed by atoms with van der Waals surface area (Å²) >= 11 is 3.51. The molecule has 1 aliphatic rings. The SMILES string of the molecule is Cc1cc(OCCC(CC2CC2)OC(C)(C)C)ccc1Br. The molecule has 1 aromatic carbocycles. The first-order valence-electron chi connectivity index (χ1n) is 7.90. The van der Waals surface area contributed by atoms with Gasteiger partial charge < -0.3 is 9.47 Å². The van der Waals surface area contributed by atoms with E-state index in [1.165, 1.54) is 24.8 Å². The third-order valence-electron chi connectivity index (χ3n) is 3.65. The molecule has 21 heavy (non-hydrogen) atoms. The van der Waals surface area contributed by atoms with Gasteiger partial charge in [-0.3, -0.25) is 0 Å². The van der Waals surface area contributed by atoms with Gasteiger partial charge in [-0.1, -0.05) is 28.8 Å². The highest BCUT2D eigenvalue weighted by molar-refractivity contribution is 9.10. The molecular weight excluding hydrogens is 328 g/mol. The fourth-order valence-corrected chi connectivity index (χ4v) is 2.71. The first-order chi connectivity index (χ1) is 9.83. The zero-order chi connectivity index (χ0) is 15.5. The van der Waals surface area contributed by atoms with Crippen LogP contribution in [-0.2, 0) is 4.74 Å². The molecule has 2 nitrogen and oxygen atoms in total. The van der Waals surface area contributed by atoms with Crippen molar-refractivity contribution in [2.24, 2.45) is 5.92 Å². The van der Waals surface area contributed by atoms with Gasteiger partial charge in [-0.2, -0.15) is 0 Å². The lowest BCUT2D eigenvalue weighted by Gasteiger charge is -2.27. The maximum absolute atomic E-state index is 6.18. The van der Waals surface area contributed by atoms with Gasteiger partial charge in [0.2, 0.25) is 0 Å². The molecule has 1 aliphatic carbocycles. The van der Waals surface area contributed by atoms with Crippen molar-refractivity contribution in [1.29, 1.82) is 0 Å². The molecule has 1 aromatic rings. The number of ether oxygens (including phenoxy) is 2. The topological polar surface area (TPSA) is 18.5 Å². The van der Waals surface area contributed by atoms with Crippen LogP contribution in [0.1, 0.15) is 52.0 Å². The van der Waals surface area contributed by atoms with E-state index in [-0.39, 0.29) is 5.60 Å². The zero-order valence-corrected chi connectivity index (χ0v) is 15.2. The maximum atomic E-state index is 6.18. The Morgan fingerprint density at radius 3 is 2.57 bits per heavy atom. The van der Waals surface area contributed by atoms with E-state index in [1.807, 2.05) is 12.1 Å². The molecule has 1 saturated carbocycles. The summed E-state index contributed by atoms with van der Waals surface area (Å²) in [5.41, 5.74) is 1.13. The Morgan fingerprint density at radius 2 is 2.00 bits per heavy atom. The lowest BCUT2D eigenvalue weighted by molar-refractivity contribution is -0.0717. The molecule has 0 aromatic heterocycles. The average molecular weight is 355 g/mol. The predicted molar refractivity (Wildman–Crippen MR) is 91.0 cm³/mol. The number of hydrogen-bond donors (Lipinski definition) is 0. The highest BCUT2D eigenvalue weighted by atomic mass is 79.9. The lowest BCUT2D eigenvalue weighted by Crippen LogP contribution is -2.29. The Balaban J connectivity index is 1.81. The van der Waals surface area contributed by atoms with Crippen molar-refractivity contribution in [1.82, 2.24) is 0 Å². The van der Waals surface area contributed by atoms with Gasteiger partial charge in [-0.25, -0.2) is 0 Å². The minimum Gasteiger partial charge on any atom is -0.493 e. The molecule has 0 radical (unpaired) electrons. The van der Waals surface area contributed by atoms with Gasteiger partial charge in [0, 0.05) is 10.9 Å². The van der Waals surface area contributed by atoms with Gasteiger partial charge in [-0.15, -0.1) is 0 Å². The minimum absolute atomic E-state index is 0.0756. The van der Waals surface area contributed by atoms with E-state index in [0.717, 1.165) is 22.6 Å². The molecule has 0 saturated heterocycles. The molecule has 118 valence electrons. The van der Waals surface area contributed by atoms with E-state index in [1.54, 1.807) is 0 Å². The molecule has 0 amide bonds. The van der Waals surface area contributed by atoms with E-state index < -0.39 is 0 Å². The van der Waals surface area contributed by atoms with Crippen LogP contribution >= 0.6 is 15.9 Å². The molecular formula is C18H27BrO2. The Labute approximate surface area is 137 Å². The Kier molecular flexibility index (Phi) is 5.73. The molecule has 0 aliphatic heterocycles. The second-order valence-corrected chi connectivity index (χ2v) is 7.93. The molecule has 1 atom stereocenters. The van der Waals surface area contributed by atoms with Gasteiger partial charge in [0.25, 0.3) is 0 Å². The van der Waals surface area contributed by atoms with Crippen molar-refractivity contribution < 1.29 is 9.47 Å². The minimum atomic E-state index is -0.0756. The molecule has 2 rings (SSSR count). The third-order valence-corrected chi connectivity index (χ3v) is 4.54. The van der Waals surface area contributed by atoms with Crippen LogP contribution in [0.2, 0.25) is 0 Å².